The second-order valence-corrected chi connectivity index (χ2v) is 15.9. The fraction of sp³-hybridized carbons (Fsp3) is 0.585. The number of thioether (sulfide) groups is 1. The fourth-order valence-corrected chi connectivity index (χ4v) is 10.4. The lowest BCUT2D eigenvalue weighted by molar-refractivity contribution is -0.213. The van der Waals surface area contributed by atoms with Gasteiger partial charge in [0.25, 0.3) is 0 Å². The third-order valence-electron chi connectivity index (χ3n) is 12.1. The molecular weight excluding hydrogens is 617 g/mol. The van der Waals surface area contributed by atoms with Crippen LogP contribution in [-0.2, 0) is 27.7 Å². The predicted molar refractivity (Wildman–Crippen MR) is 189 cm³/mol. The number of hydrogen-bond acceptors (Lipinski definition) is 6. The number of fused-ring (bicyclic) bond motifs is 5. The lowest BCUT2D eigenvalue weighted by atomic mass is 9.51. The number of imidazole rings is 1. The summed E-state index contributed by atoms with van der Waals surface area (Å²) in [5.74, 6) is 10.6. The SMILES string of the molecule is Cn1ccnc1SCC#Cc1ccc([C@H]2C[C@]3(C)[C@@H](OC4CCCCO4)CC[C@H]3[C@@H]3CCc4cc(OC5CCCCO5)ccc4[C@H]32)cc1. The minimum atomic E-state index is -0.116. The quantitative estimate of drug-likeness (QED) is 0.186. The largest absolute Gasteiger partial charge is 0.465 e. The molecule has 2 unspecified atom stereocenters. The van der Waals surface area contributed by atoms with Crippen molar-refractivity contribution in [3.8, 4) is 17.6 Å². The van der Waals surface area contributed by atoms with Gasteiger partial charge in [-0.05, 0) is 134 Å². The van der Waals surface area contributed by atoms with Crippen molar-refractivity contribution in [2.45, 2.75) is 113 Å². The molecule has 2 aromatic carbocycles. The molecule has 4 fully saturated rings. The first-order valence-corrected chi connectivity index (χ1v) is 19.4. The van der Waals surface area contributed by atoms with E-state index in [0.29, 0.717) is 23.7 Å². The Morgan fingerprint density at radius 1 is 0.958 bits per heavy atom. The van der Waals surface area contributed by atoms with Gasteiger partial charge in [-0.2, -0.15) is 0 Å². The summed E-state index contributed by atoms with van der Waals surface area (Å²) >= 11 is 1.68. The van der Waals surface area contributed by atoms with Gasteiger partial charge >= 0.3 is 0 Å². The van der Waals surface area contributed by atoms with Crippen LogP contribution >= 0.6 is 11.8 Å². The van der Waals surface area contributed by atoms with E-state index in [1.54, 1.807) is 11.8 Å². The van der Waals surface area contributed by atoms with Crippen LogP contribution in [0.3, 0.4) is 0 Å². The number of nitrogens with zero attached hydrogens (tertiary/aromatic N) is 2. The highest BCUT2D eigenvalue weighted by molar-refractivity contribution is 7.99. The fourth-order valence-electron chi connectivity index (χ4n) is 9.76. The monoisotopic (exact) mass is 666 g/mol. The average Bonchev–Trinajstić information content (AvgIpc) is 3.68. The minimum Gasteiger partial charge on any atom is -0.465 e. The van der Waals surface area contributed by atoms with Gasteiger partial charge < -0.3 is 23.5 Å². The van der Waals surface area contributed by atoms with Crippen molar-refractivity contribution in [2.24, 2.45) is 24.3 Å². The normalized spacial score (nSPS) is 32.8. The van der Waals surface area contributed by atoms with Crippen LogP contribution in [0.4, 0.5) is 0 Å². The summed E-state index contributed by atoms with van der Waals surface area (Å²) in [6, 6.07) is 16.1. The molecule has 0 amide bonds. The molecule has 0 N–H and O–H groups in total. The van der Waals surface area contributed by atoms with Crippen LogP contribution in [0.25, 0.3) is 0 Å². The highest BCUT2D eigenvalue weighted by Gasteiger charge is 2.59. The molecule has 3 heterocycles. The lowest BCUT2D eigenvalue weighted by Gasteiger charge is -2.54. The van der Waals surface area contributed by atoms with Crippen LogP contribution in [0, 0.1) is 29.1 Å². The topological polar surface area (TPSA) is 54.7 Å². The van der Waals surface area contributed by atoms with Crippen molar-refractivity contribution >= 4 is 11.8 Å². The van der Waals surface area contributed by atoms with E-state index in [4.69, 9.17) is 18.9 Å². The second-order valence-electron chi connectivity index (χ2n) is 15.0. The van der Waals surface area contributed by atoms with Crippen molar-refractivity contribution < 1.29 is 18.9 Å². The van der Waals surface area contributed by atoms with Gasteiger partial charge in [0.2, 0.25) is 0 Å². The van der Waals surface area contributed by atoms with E-state index in [1.165, 1.54) is 42.4 Å². The molecule has 3 aromatic rings. The smallest absolute Gasteiger partial charge is 0.199 e. The van der Waals surface area contributed by atoms with E-state index < -0.39 is 0 Å². The number of aromatic nitrogens is 2. The molecular formula is C41H50N2O4S. The van der Waals surface area contributed by atoms with Crippen molar-refractivity contribution in [1.29, 1.82) is 0 Å². The van der Waals surface area contributed by atoms with E-state index in [0.717, 1.165) is 80.4 Å². The van der Waals surface area contributed by atoms with Crippen LogP contribution in [0.15, 0.2) is 60.0 Å². The molecule has 2 aliphatic heterocycles. The van der Waals surface area contributed by atoms with Crippen LogP contribution in [0.2, 0.25) is 0 Å². The Morgan fingerprint density at radius 2 is 1.77 bits per heavy atom. The Bertz CT molecular complexity index is 1610. The maximum atomic E-state index is 6.88. The van der Waals surface area contributed by atoms with E-state index in [-0.39, 0.29) is 24.1 Å². The van der Waals surface area contributed by atoms with Gasteiger partial charge in [-0.15, -0.1) is 0 Å². The highest BCUT2D eigenvalue weighted by Crippen LogP contribution is 2.65. The van der Waals surface area contributed by atoms with Crippen molar-refractivity contribution in [3.63, 3.8) is 0 Å². The molecule has 0 radical (unpaired) electrons. The molecule has 0 spiro atoms. The first kappa shape index (κ1) is 32.4. The summed E-state index contributed by atoms with van der Waals surface area (Å²) < 4.78 is 27.3. The van der Waals surface area contributed by atoms with E-state index in [9.17, 15) is 0 Å². The minimum absolute atomic E-state index is 0.0393. The van der Waals surface area contributed by atoms with Gasteiger partial charge in [0, 0.05) is 38.0 Å². The number of ether oxygens (including phenoxy) is 4. The van der Waals surface area contributed by atoms with Crippen molar-refractivity contribution in [1.82, 2.24) is 9.55 Å². The highest BCUT2D eigenvalue weighted by atomic mass is 32.2. The van der Waals surface area contributed by atoms with Crippen molar-refractivity contribution in [3.05, 3.63) is 77.1 Å². The molecule has 8 rings (SSSR count). The molecule has 254 valence electrons. The Balaban J connectivity index is 1.07. The summed E-state index contributed by atoms with van der Waals surface area (Å²) in [4.78, 5) is 4.40. The van der Waals surface area contributed by atoms with E-state index >= 15 is 0 Å². The lowest BCUT2D eigenvalue weighted by Crippen LogP contribution is -2.48. The summed E-state index contributed by atoms with van der Waals surface area (Å²) in [5, 5.41) is 0.997. The molecule has 6 nitrogen and oxygen atoms in total. The van der Waals surface area contributed by atoms with E-state index in [1.807, 2.05) is 24.0 Å². The summed E-state index contributed by atoms with van der Waals surface area (Å²) in [7, 11) is 2.02. The molecule has 7 heteroatoms. The third kappa shape index (κ3) is 6.59. The summed E-state index contributed by atoms with van der Waals surface area (Å²) in [5.41, 5.74) is 5.63. The predicted octanol–water partition coefficient (Wildman–Crippen LogP) is 8.63. The zero-order valence-electron chi connectivity index (χ0n) is 28.6. The van der Waals surface area contributed by atoms with Crippen LogP contribution in [0.5, 0.6) is 5.75 Å². The zero-order chi connectivity index (χ0) is 32.5. The van der Waals surface area contributed by atoms with E-state index in [2.05, 4.69) is 66.2 Å². The molecule has 48 heavy (non-hydrogen) atoms. The molecule has 2 saturated heterocycles. The maximum absolute atomic E-state index is 6.88. The number of aryl methyl sites for hydroxylation is 2. The van der Waals surface area contributed by atoms with Gasteiger partial charge in [-0.1, -0.05) is 48.7 Å². The average molecular weight is 667 g/mol. The van der Waals surface area contributed by atoms with Gasteiger partial charge in [0.05, 0.1) is 18.5 Å². The van der Waals surface area contributed by atoms with Gasteiger partial charge in [-0.25, -0.2) is 4.98 Å². The van der Waals surface area contributed by atoms with Gasteiger partial charge in [0.15, 0.2) is 17.7 Å². The zero-order valence-corrected chi connectivity index (χ0v) is 29.4. The molecule has 0 bridgehead atoms. The summed E-state index contributed by atoms with van der Waals surface area (Å²) in [6.45, 7) is 4.18. The first-order valence-electron chi connectivity index (χ1n) is 18.4. The molecule has 2 saturated carbocycles. The molecule has 5 aliphatic rings. The van der Waals surface area contributed by atoms with Crippen LogP contribution in [0.1, 0.15) is 105 Å². The van der Waals surface area contributed by atoms with Crippen molar-refractivity contribution in [2.75, 3.05) is 19.0 Å². The number of benzene rings is 2. The molecule has 3 aliphatic carbocycles. The van der Waals surface area contributed by atoms with Crippen LogP contribution < -0.4 is 4.74 Å². The number of rotatable bonds is 7. The Labute approximate surface area is 290 Å². The van der Waals surface area contributed by atoms with Gasteiger partial charge in [-0.3, -0.25) is 0 Å². The third-order valence-corrected chi connectivity index (χ3v) is 13.0. The second kappa shape index (κ2) is 14.2. The maximum Gasteiger partial charge on any atom is 0.199 e. The number of hydrogen-bond donors (Lipinski definition) is 0. The Hall–Kier alpha value is -2.76. The van der Waals surface area contributed by atoms with Crippen LogP contribution in [-0.4, -0.2) is 47.2 Å². The first-order chi connectivity index (χ1) is 23.5. The Morgan fingerprint density at radius 3 is 2.52 bits per heavy atom. The standard InChI is InChI=1S/C41H50N2O4S/c1-41-27-34(29-13-11-28(12-14-29)8-7-25-48-40-42-21-22-43(40)2)39-32-18-16-31(46-37-9-3-5-23-44-37)26-30(32)15-17-33(39)35(41)19-20-36(41)47-38-10-4-6-24-45-38/h11-14,16,18,21-22,26,33-39H,3-6,9-10,15,17,19-20,23-25,27H2,1-2H3/t33-,34+,35-,36-,37?,38?,39+,41-/m0/s1. The molecule has 1 aromatic heterocycles. The Kier molecular flexibility index (Phi) is 9.62. The molecule has 8 atom stereocenters. The summed E-state index contributed by atoms with van der Waals surface area (Å²) in [6.07, 6.45) is 16.4. The van der Waals surface area contributed by atoms with Gasteiger partial charge in [0.1, 0.15) is 5.75 Å².